The number of benzene rings is 2. The fraction of sp³-hybridized carbons (Fsp3) is 0.318. The number of ether oxygens (including phenoxy) is 1. The lowest BCUT2D eigenvalue weighted by atomic mass is 9.79. The molecule has 0 aliphatic carbocycles. The maximum absolute atomic E-state index is 12.6. The Morgan fingerprint density at radius 2 is 1.84 bits per heavy atom. The zero-order valence-electron chi connectivity index (χ0n) is 14.7. The van der Waals surface area contributed by atoms with E-state index in [1.807, 2.05) is 23.1 Å². The van der Waals surface area contributed by atoms with Crippen LogP contribution in [-0.2, 0) is 11.2 Å². The Balaban J connectivity index is 1.67. The highest BCUT2D eigenvalue weighted by molar-refractivity contribution is 5.86. The van der Waals surface area contributed by atoms with Crippen molar-refractivity contribution in [3.63, 3.8) is 0 Å². The van der Waals surface area contributed by atoms with Gasteiger partial charge >= 0.3 is 0 Å². The van der Waals surface area contributed by atoms with Crippen LogP contribution in [0.2, 0.25) is 0 Å². The monoisotopic (exact) mass is 335 g/mol. The lowest BCUT2D eigenvalue weighted by Crippen LogP contribution is -2.54. The molecule has 2 aromatic rings. The standard InChI is InChI=1S/C22H25NO2/c1-3-16-23-21(18-12-14-19(25-2)15-13-18)20(22(23)24)11-7-10-17-8-5-4-6-9-17/h3-6,8-9,12-15,20-21H,1,7,10-11,16H2,2H3/t20-,21-/m1/s1. The quantitative estimate of drug-likeness (QED) is 0.528. The zero-order chi connectivity index (χ0) is 17.6. The van der Waals surface area contributed by atoms with E-state index in [9.17, 15) is 4.79 Å². The minimum atomic E-state index is 0.0667. The molecule has 1 amide bonds. The van der Waals surface area contributed by atoms with Gasteiger partial charge in [-0.15, -0.1) is 6.58 Å². The molecule has 3 heteroatoms. The number of hydrogen-bond donors (Lipinski definition) is 0. The summed E-state index contributed by atoms with van der Waals surface area (Å²) in [6.07, 6.45) is 4.75. The van der Waals surface area contributed by atoms with Gasteiger partial charge in [0, 0.05) is 6.54 Å². The number of hydrogen-bond acceptors (Lipinski definition) is 2. The number of carbonyl (C=O) groups is 1. The molecule has 0 aromatic heterocycles. The Labute approximate surface area is 149 Å². The Kier molecular flexibility index (Phi) is 5.54. The van der Waals surface area contributed by atoms with Gasteiger partial charge in [0.25, 0.3) is 0 Å². The molecule has 0 spiro atoms. The Hall–Kier alpha value is -2.55. The molecule has 130 valence electrons. The third-order valence-corrected chi connectivity index (χ3v) is 4.92. The number of aryl methyl sites for hydroxylation is 1. The van der Waals surface area contributed by atoms with E-state index in [2.05, 4.69) is 43.0 Å². The SMILES string of the molecule is C=CCN1C(=O)[C@H](CCCc2ccccc2)[C@H]1c1ccc(OC)cc1. The van der Waals surface area contributed by atoms with Crippen molar-refractivity contribution in [3.05, 3.63) is 78.4 Å². The molecule has 1 aliphatic rings. The number of carbonyl (C=O) groups excluding carboxylic acids is 1. The van der Waals surface area contributed by atoms with Crippen LogP contribution in [0, 0.1) is 5.92 Å². The third kappa shape index (κ3) is 3.76. The van der Waals surface area contributed by atoms with Crippen molar-refractivity contribution in [1.29, 1.82) is 0 Å². The molecule has 1 fully saturated rings. The first-order valence-corrected chi connectivity index (χ1v) is 8.84. The summed E-state index contributed by atoms with van der Waals surface area (Å²) in [6.45, 7) is 4.39. The maximum atomic E-state index is 12.6. The van der Waals surface area contributed by atoms with Gasteiger partial charge < -0.3 is 9.64 Å². The first kappa shape index (κ1) is 17.3. The molecular formula is C22H25NO2. The molecule has 3 rings (SSSR count). The molecule has 1 saturated heterocycles. The topological polar surface area (TPSA) is 29.5 Å². The van der Waals surface area contributed by atoms with Crippen molar-refractivity contribution < 1.29 is 9.53 Å². The molecule has 1 aliphatic heterocycles. The van der Waals surface area contributed by atoms with E-state index in [-0.39, 0.29) is 17.9 Å². The molecule has 25 heavy (non-hydrogen) atoms. The number of amides is 1. The lowest BCUT2D eigenvalue weighted by molar-refractivity contribution is -0.156. The summed E-state index contributed by atoms with van der Waals surface area (Å²) in [5.41, 5.74) is 2.50. The molecule has 0 N–H and O–H groups in total. The van der Waals surface area contributed by atoms with Crippen LogP contribution in [0.25, 0.3) is 0 Å². The summed E-state index contributed by atoms with van der Waals surface area (Å²) >= 11 is 0. The van der Waals surface area contributed by atoms with Crippen molar-refractivity contribution >= 4 is 5.91 Å². The van der Waals surface area contributed by atoms with Crippen LogP contribution in [0.3, 0.4) is 0 Å². The van der Waals surface area contributed by atoms with Gasteiger partial charge in [-0.3, -0.25) is 4.79 Å². The first-order valence-electron chi connectivity index (χ1n) is 8.84. The molecule has 0 bridgehead atoms. The summed E-state index contributed by atoms with van der Waals surface area (Å²) in [5.74, 6) is 1.15. The predicted octanol–water partition coefficient (Wildman–Crippen LogP) is 4.40. The van der Waals surface area contributed by atoms with Gasteiger partial charge in [-0.2, -0.15) is 0 Å². The molecule has 0 radical (unpaired) electrons. The van der Waals surface area contributed by atoms with E-state index < -0.39 is 0 Å². The number of methoxy groups -OCH3 is 1. The average Bonchev–Trinajstić information content (AvgIpc) is 2.67. The van der Waals surface area contributed by atoms with Gasteiger partial charge in [0.05, 0.1) is 19.1 Å². The molecule has 0 saturated carbocycles. The smallest absolute Gasteiger partial charge is 0.228 e. The van der Waals surface area contributed by atoms with E-state index in [1.165, 1.54) is 11.1 Å². The summed E-state index contributed by atoms with van der Waals surface area (Å²) in [4.78, 5) is 14.5. The summed E-state index contributed by atoms with van der Waals surface area (Å²) in [6, 6.07) is 18.7. The molecule has 2 atom stereocenters. The number of rotatable bonds is 8. The van der Waals surface area contributed by atoms with Gasteiger partial charge in [0.15, 0.2) is 0 Å². The fourth-order valence-corrected chi connectivity index (χ4v) is 3.63. The highest BCUT2D eigenvalue weighted by Gasteiger charge is 2.46. The van der Waals surface area contributed by atoms with Crippen LogP contribution < -0.4 is 4.74 Å². The third-order valence-electron chi connectivity index (χ3n) is 4.92. The minimum Gasteiger partial charge on any atom is -0.497 e. The summed E-state index contributed by atoms with van der Waals surface area (Å²) in [5, 5.41) is 0. The zero-order valence-corrected chi connectivity index (χ0v) is 14.7. The molecule has 1 heterocycles. The predicted molar refractivity (Wildman–Crippen MR) is 101 cm³/mol. The van der Waals surface area contributed by atoms with Gasteiger partial charge in [0.2, 0.25) is 5.91 Å². The average molecular weight is 335 g/mol. The molecule has 0 unspecified atom stereocenters. The van der Waals surface area contributed by atoms with Gasteiger partial charge in [-0.25, -0.2) is 0 Å². The summed E-state index contributed by atoms with van der Waals surface area (Å²) in [7, 11) is 1.66. The van der Waals surface area contributed by atoms with E-state index >= 15 is 0 Å². The van der Waals surface area contributed by atoms with Crippen molar-refractivity contribution in [2.45, 2.75) is 25.3 Å². The first-order chi connectivity index (χ1) is 12.2. The second-order valence-corrected chi connectivity index (χ2v) is 6.48. The van der Waals surface area contributed by atoms with Crippen LogP contribution in [0.1, 0.15) is 30.0 Å². The molecular weight excluding hydrogens is 310 g/mol. The largest absolute Gasteiger partial charge is 0.497 e. The number of nitrogens with zero attached hydrogens (tertiary/aromatic N) is 1. The van der Waals surface area contributed by atoms with Gasteiger partial charge in [0.1, 0.15) is 5.75 Å². The fourth-order valence-electron chi connectivity index (χ4n) is 3.63. The van der Waals surface area contributed by atoms with Crippen molar-refractivity contribution in [2.24, 2.45) is 5.92 Å². The molecule has 2 aromatic carbocycles. The second kappa shape index (κ2) is 8.02. The van der Waals surface area contributed by atoms with E-state index in [1.54, 1.807) is 13.2 Å². The van der Waals surface area contributed by atoms with Crippen LogP contribution in [0.4, 0.5) is 0 Å². The Bertz CT molecular complexity index is 709. The molecule has 3 nitrogen and oxygen atoms in total. The van der Waals surface area contributed by atoms with E-state index in [0.717, 1.165) is 25.0 Å². The van der Waals surface area contributed by atoms with Gasteiger partial charge in [-0.05, 0) is 42.5 Å². The van der Waals surface area contributed by atoms with Crippen LogP contribution in [0.5, 0.6) is 5.75 Å². The summed E-state index contributed by atoms with van der Waals surface area (Å²) < 4.78 is 5.24. The Morgan fingerprint density at radius 1 is 1.12 bits per heavy atom. The lowest BCUT2D eigenvalue weighted by Gasteiger charge is -2.47. The van der Waals surface area contributed by atoms with E-state index in [0.29, 0.717) is 6.54 Å². The van der Waals surface area contributed by atoms with Crippen molar-refractivity contribution in [2.75, 3.05) is 13.7 Å². The van der Waals surface area contributed by atoms with Crippen LogP contribution in [0.15, 0.2) is 67.3 Å². The highest BCUT2D eigenvalue weighted by Crippen LogP contribution is 2.42. The number of likely N-dealkylation sites (tertiary alicyclic amines) is 1. The van der Waals surface area contributed by atoms with Crippen molar-refractivity contribution in [3.8, 4) is 5.75 Å². The highest BCUT2D eigenvalue weighted by atomic mass is 16.5. The van der Waals surface area contributed by atoms with Crippen LogP contribution in [-0.4, -0.2) is 24.5 Å². The van der Waals surface area contributed by atoms with E-state index in [4.69, 9.17) is 4.74 Å². The van der Waals surface area contributed by atoms with Crippen LogP contribution >= 0.6 is 0 Å². The minimum absolute atomic E-state index is 0.0667. The van der Waals surface area contributed by atoms with Crippen molar-refractivity contribution in [1.82, 2.24) is 4.90 Å². The number of β-lactam (4-membered cyclic amide) rings is 1. The normalized spacial score (nSPS) is 19.4. The second-order valence-electron chi connectivity index (χ2n) is 6.48. The van der Waals surface area contributed by atoms with Gasteiger partial charge in [-0.1, -0.05) is 48.5 Å². The Morgan fingerprint density at radius 3 is 2.48 bits per heavy atom. The maximum Gasteiger partial charge on any atom is 0.228 e.